The highest BCUT2D eigenvalue weighted by molar-refractivity contribution is 6.33. The highest BCUT2D eigenvalue weighted by atomic mass is 35.5. The van der Waals surface area contributed by atoms with Crippen LogP contribution in [0, 0.1) is 0 Å². The number of fused-ring (bicyclic) bond motifs is 1. The van der Waals surface area contributed by atoms with Gasteiger partial charge in [0.1, 0.15) is 5.69 Å². The first-order chi connectivity index (χ1) is 10.1. The highest BCUT2D eigenvalue weighted by Crippen LogP contribution is 2.22. The molecule has 1 amide bonds. The van der Waals surface area contributed by atoms with E-state index in [2.05, 4.69) is 15.3 Å². The largest absolute Gasteiger partial charge is 0.398 e. The first-order valence-corrected chi connectivity index (χ1v) is 6.60. The zero-order valence-corrected chi connectivity index (χ0v) is 11.6. The van der Waals surface area contributed by atoms with Crippen LogP contribution in [0.5, 0.6) is 0 Å². The van der Waals surface area contributed by atoms with E-state index >= 15 is 0 Å². The molecule has 0 atom stereocenters. The summed E-state index contributed by atoms with van der Waals surface area (Å²) in [5, 5.41) is 3.79. The lowest BCUT2D eigenvalue weighted by atomic mass is 10.1. The fraction of sp³-hybridized carbons (Fsp3) is 0. The molecule has 0 unspecified atom stereocenters. The Bertz CT molecular complexity index is 835. The van der Waals surface area contributed by atoms with E-state index in [-0.39, 0.29) is 11.5 Å². The van der Waals surface area contributed by atoms with E-state index in [4.69, 9.17) is 17.3 Å². The molecule has 3 aromatic rings. The van der Waals surface area contributed by atoms with E-state index in [1.54, 1.807) is 24.4 Å². The average molecular weight is 299 g/mol. The molecule has 0 aliphatic heterocycles. The summed E-state index contributed by atoms with van der Waals surface area (Å²) in [5.41, 5.74) is 7.33. The summed E-state index contributed by atoms with van der Waals surface area (Å²) in [6, 6.07) is 12.2. The van der Waals surface area contributed by atoms with Crippen LogP contribution in [-0.2, 0) is 0 Å². The fourth-order valence-electron chi connectivity index (χ4n) is 1.97. The summed E-state index contributed by atoms with van der Waals surface area (Å²) in [4.78, 5) is 20.5. The molecule has 104 valence electrons. The number of rotatable bonds is 2. The molecule has 0 saturated heterocycles. The van der Waals surface area contributed by atoms with Crippen molar-refractivity contribution in [3.05, 3.63) is 59.4 Å². The van der Waals surface area contributed by atoms with Crippen LogP contribution >= 0.6 is 11.6 Å². The van der Waals surface area contributed by atoms with Gasteiger partial charge in [0.15, 0.2) is 5.82 Å². The third-order valence-corrected chi connectivity index (χ3v) is 3.28. The van der Waals surface area contributed by atoms with Gasteiger partial charge in [0.2, 0.25) is 0 Å². The molecular formula is C15H11ClN4O. The predicted molar refractivity (Wildman–Crippen MR) is 83.4 cm³/mol. The molecule has 2 aromatic heterocycles. The van der Waals surface area contributed by atoms with Crippen LogP contribution in [0.25, 0.3) is 10.9 Å². The second-order valence-corrected chi connectivity index (χ2v) is 4.81. The first-order valence-electron chi connectivity index (χ1n) is 6.22. The second kappa shape index (κ2) is 5.38. The maximum absolute atomic E-state index is 12.2. The van der Waals surface area contributed by atoms with Gasteiger partial charge in [-0.05, 0) is 24.3 Å². The van der Waals surface area contributed by atoms with Gasteiger partial charge in [-0.3, -0.25) is 4.79 Å². The number of hydrogen-bond donors (Lipinski definition) is 2. The van der Waals surface area contributed by atoms with Crippen molar-refractivity contribution in [2.24, 2.45) is 0 Å². The number of hydrogen-bond acceptors (Lipinski definition) is 4. The number of carbonyl (C=O) groups excluding carboxylic acids is 1. The first kappa shape index (κ1) is 13.3. The van der Waals surface area contributed by atoms with Crippen molar-refractivity contribution in [1.29, 1.82) is 0 Å². The SMILES string of the molecule is Nc1cc(C(=O)Nc2ncccc2Cl)nc2ccccc12. The van der Waals surface area contributed by atoms with Crippen LogP contribution in [0.15, 0.2) is 48.7 Å². The minimum Gasteiger partial charge on any atom is -0.398 e. The number of nitrogens with zero attached hydrogens (tertiary/aromatic N) is 2. The number of nitrogens with two attached hydrogens (primary N) is 1. The minimum atomic E-state index is -0.409. The van der Waals surface area contributed by atoms with Crippen molar-refractivity contribution in [1.82, 2.24) is 9.97 Å². The Labute approximate surface area is 125 Å². The third kappa shape index (κ3) is 2.64. The third-order valence-electron chi connectivity index (χ3n) is 2.97. The van der Waals surface area contributed by atoms with Crippen molar-refractivity contribution < 1.29 is 4.79 Å². The maximum atomic E-state index is 12.2. The van der Waals surface area contributed by atoms with Crippen LogP contribution in [-0.4, -0.2) is 15.9 Å². The summed E-state index contributed by atoms with van der Waals surface area (Å²) >= 11 is 5.96. The van der Waals surface area contributed by atoms with E-state index in [0.717, 1.165) is 5.39 Å². The molecule has 0 bridgehead atoms. The van der Waals surface area contributed by atoms with Gasteiger partial charge in [-0.1, -0.05) is 29.8 Å². The smallest absolute Gasteiger partial charge is 0.275 e. The van der Waals surface area contributed by atoms with Crippen LogP contribution in [0.3, 0.4) is 0 Å². The molecule has 0 aliphatic rings. The van der Waals surface area contributed by atoms with Gasteiger partial charge >= 0.3 is 0 Å². The number of benzene rings is 1. The lowest BCUT2D eigenvalue weighted by Gasteiger charge is -2.07. The van der Waals surface area contributed by atoms with E-state index in [1.165, 1.54) is 6.07 Å². The van der Waals surface area contributed by atoms with Crippen LogP contribution in [0.1, 0.15) is 10.5 Å². The Morgan fingerprint density at radius 3 is 2.81 bits per heavy atom. The maximum Gasteiger partial charge on any atom is 0.275 e. The summed E-state index contributed by atoms with van der Waals surface area (Å²) in [6.45, 7) is 0. The van der Waals surface area contributed by atoms with Gasteiger partial charge in [-0.2, -0.15) is 0 Å². The standard InChI is InChI=1S/C15H11ClN4O/c16-10-5-3-7-18-14(10)20-15(21)13-8-11(17)9-4-1-2-6-12(9)19-13/h1-8H,(H2,17,19)(H,18,20,21). The summed E-state index contributed by atoms with van der Waals surface area (Å²) < 4.78 is 0. The lowest BCUT2D eigenvalue weighted by molar-refractivity contribution is 0.102. The molecule has 5 nitrogen and oxygen atoms in total. The molecule has 2 heterocycles. The van der Waals surface area contributed by atoms with Crippen molar-refractivity contribution in [3.8, 4) is 0 Å². The average Bonchev–Trinajstić information content (AvgIpc) is 2.49. The predicted octanol–water partition coefficient (Wildman–Crippen LogP) is 3.12. The molecule has 3 rings (SSSR count). The topological polar surface area (TPSA) is 80.9 Å². The normalized spacial score (nSPS) is 10.5. The zero-order chi connectivity index (χ0) is 14.8. The highest BCUT2D eigenvalue weighted by Gasteiger charge is 2.13. The second-order valence-electron chi connectivity index (χ2n) is 4.40. The monoisotopic (exact) mass is 298 g/mol. The van der Waals surface area contributed by atoms with Gasteiger partial charge in [-0.15, -0.1) is 0 Å². The Kier molecular flexibility index (Phi) is 3.41. The van der Waals surface area contributed by atoms with Crippen molar-refractivity contribution in [3.63, 3.8) is 0 Å². The molecule has 6 heteroatoms. The number of anilines is 2. The Morgan fingerprint density at radius 2 is 2.00 bits per heavy atom. The number of aromatic nitrogens is 2. The van der Waals surface area contributed by atoms with E-state index in [9.17, 15) is 4.79 Å². The molecule has 0 aliphatic carbocycles. The zero-order valence-electron chi connectivity index (χ0n) is 10.9. The van der Waals surface area contributed by atoms with Gasteiger partial charge in [0.25, 0.3) is 5.91 Å². The Hall–Kier alpha value is -2.66. The number of carbonyl (C=O) groups is 1. The van der Waals surface area contributed by atoms with Gasteiger partial charge in [0.05, 0.1) is 10.5 Å². The van der Waals surface area contributed by atoms with Crippen LogP contribution in [0.2, 0.25) is 5.02 Å². The Balaban J connectivity index is 1.97. The van der Waals surface area contributed by atoms with Crippen molar-refractivity contribution >= 4 is 39.9 Å². The minimum absolute atomic E-state index is 0.216. The molecule has 0 spiro atoms. The molecule has 0 radical (unpaired) electrons. The summed E-state index contributed by atoms with van der Waals surface area (Å²) in [7, 11) is 0. The quantitative estimate of drug-likeness (QED) is 0.761. The molecular weight excluding hydrogens is 288 g/mol. The lowest BCUT2D eigenvalue weighted by Crippen LogP contribution is -2.15. The number of pyridine rings is 2. The van der Waals surface area contributed by atoms with Crippen molar-refractivity contribution in [2.75, 3.05) is 11.1 Å². The number of para-hydroxylation sites is 1. The van der Waals surface area contributed by atoms with Gasteiger partial charge < -0.3 is 11.1 Å². The van der Waals surface area contributed by atoms with Gasteiger partial charge in [0, 0.05) is 17.3 Å². The molecule has 21 heavy (non-hydrogen) atoms. The van der Waals surface area contributed by atoms with Crippen molar-refractivity contribution in [2.45, 2.75) is 0 Å². The molecule has 1 aromatic carbocycles. The summed E-state index contributed by atoms with van der Waals surface area (Å²) in [5.74, 6) is -0.120. The van der Waals surface area contributed by atoms with Gasteiger partial charge in [-0.25, -0.2) is 9.97 Å². The van der Waals surface area contributed by atoms with E-state index in [0.29, 0.717) is 16.2 Å². The van der Waals surface area contributed by atoms with Crippen LogP contribution in [0.4, 0.5) is 11.5 Å². The van der Waals surface area contributed by atoms with E-state index < -0.39 is 5.91 Å². The number of halogens is 1. The summed E-state index contributed by atoms with van der Waals surface area (Å²) in [6.07, 6.45) is 1.55. The fourth-order valence-corrected chi connectivity index (χ4v) is 2.14. The molecule has 3 N–H and O–H groups in total. The number of nitrogen functional groups attached to an aromatic ring is 1. The molecule has 0 saturated carbocycles. The number of amides is 1. The Morgan fingerprint density at radius 1 is 1.19 bits per heavy atom. The molecule has 0 fully saturated rings. The van der Waals surface area contributed by atoms with E-state index in [1.807, 2.05) is 18.2 Å². The number of nitrogens with one attached hydrogen (secondary N) is 1. The van der Waals surface area contributed by atoms with Crippen LogP contribution < -0.4 is 11.1 Å².